The van der Waals surface area contributed by atoms with E-state index in [0.717, 1.165) is 17.1 Å². The van der Waals surface area contributed by atoms with E-state index in [1.807, 2.05) is 38.4 Å². The summed E-state index contributed by atoms with van der Waals surface area (Å²) >= 11 is 0. The molecule has 0 aliphatic carbocycles. The lowest BCUT2D eigenvalue weighted by molar-refractivity contribution is 0.102. The Balaban J connectivity index is 1.82. The maximum absolute atomic E-state index is 13.2. The van der Waals surface area contributed by atoms with Crippen LogP contribution in [0, 0.1) is 13.8 Å². The van der Waals surface area contributed by atoms with Gasteiger partial charge in [-0.3, -0.25) is 4.79 Å². The molecule has 0 aromatic carbocycles. The van der Waals surface area contributed by atoms with Crippen LogP contribution in [0.3, 0.4) is 0 Å². The second kappa shape index (κ2) is 7.62. The fourth-order valence-corrected chi connectivity index (χ4v) is 3.38. The number of ether oxygens (including phenoxy) is 1. The number of rotatable bonds is 5. The fourth-order valence-electron chi connectivity index (χ4n) is 3.38. The van der Waals surface area contributed by atoms with Gasteiger partial charge < -0.3 is 14.5 Å². The largest absolute Gasteiger partial charge is 0.481 e. The van der Waals surface area contributed by atoms with Gasteiger partial charge in [-0.05, 0) is 45.9 Å². The Kier molecular flexibility index (Phi) is 4.99. The van der Waals surface area contributed by atoms with E-state index in [1.54, 1.807) is 37.7 Å². The summed E-state index contributed by atoms with van der Waals surface area (Å²) in [6.45, 7) is 7.82. The highest BCUT2D eigenvalue weighted by atomic mass is 16.5. The molecule has 4 rings (SSSR count). The summed E-state index contributed by atoms with van der Waals surface area (Å²) in [5, 5.41) is 8.03. The number of methoxy groups -OCH3 is 1. The summed E-state index contributed by atoms with van der Waals surface area (Å²) < 4.78 is 12.6. The molecule has 0 radical (unpaired) electrons. The van der Waals surface area contributed by atoms with Crippen LogP contribution in [0.5, 0.6) is 5.88 Å². The summed E-state index contributed by atoms with van der Waals surface area (Å²) in [6.07, 6.45) is 3.23. The number of hydrogen-bond donors (Lipinski definition) is 1. The van der Waals surface area contributed by atoms with Gasteiger partial charge in [-0.2, -0.15) is 5.10 Å². The normalized spacial score (nSPS) is 11.3. The zero-order chi connectivity index (χ0) is 21.4. The highest BCUT2D eigenvalue weighted by Crippen LogP contribution is 2.30. The van der Waals surface area contributed by atoms with Gasteiger partial charge in [0.15, 0.2) is 5.65 Å². The van der Waals surface area contributed by atoms with E-state index < -0.39 is 0 Å². The number of aryl methyl sites for hydroxylation is 2. The molecule has 0 aliphatic heterocycles. The number of nitrogens with zero attached hydrogens (tertiary/aromatic N) is 4. The number of amides is 1. The van der Waals surface area contributed by atoms with Gasteiger partial charge in [0, 0.05) is 17.7 Å². The van der Waals surface area contributed by atoms with Crippen molar-refractivity contribution in [3.63, 3.8) is 0 Å². The van der Waals surface area contributed by atoms with Crippen LogP contribution in [0.15, 0.2) is 41.1 Å². The highest BCUT2D eigenvalue weighted by molar-refractivity contribution is 6.12. The Morgan fingerprint density at radius 3 is 2.60 bits per heavy atom. The van der Waals surface area contributed by atoms with Crippen LogP contribution in [0.25, 0.3) is 22.3 Å². The van der Waals surface area contributed by atoms with E-state index in [4.69, 9.17) is 14.1 Å². The van der Waals surface area contributed by atoms with Crippen molar-refractivity contribution in [3.05, 3.63) is 53.7 Å². The number of carbonyl (C=O) groups is 1. The van der Waals surface area contributed by atoms with Gasteiger partial charge in [-0.25, -0.2) is 14.6 Å². The molecule has 1 amide bonds. The van der Waals surface area contributed by atoms with Crippen LogP contribution >= 0.6 is 0 Å². The highest BCUT2D eigenvalue weighted by Gasteiger charge is 2.20. The quantitative estimate of drug-likeness (QED) is 0.524. The van der Waals surface area contributed by atoms with Crippen LogP contribution in [0.2, 0.25) is 0 Å². The van der Waals surface area contributed by atoms with Crippen molar-refractivity contribution in [3.8, 4) is 17.1 Å². The molecule has 30 heavy (non-hydrogen) atoms. The molecule has 0 spiro atoms. The molecule has 4 aromatic heterocycles. The first kappa shape index (κ1) is 19.6. The van der Waals surface area contributed by atoms with Crippen LogP contribution in [-0.2, 0) is 0 Å². The number of hydrogen-bond acceptors (Lipinski definition) is 6. The molecule has 0 unspecified atom stereocenters. The van der Waals surface area contributed by atoms with Crippen molar-refractivity contribution < 1.29 is 13.9 Å². The average Bonchev–Trinajstić information content (AvgIpc) is 3.30. The monoisotopic (exact) mass is 405 g/mol. The van der Waals surface area contributed by atoms with Gasteiger partial charge >= 0.3 is 0 Å². The molecule has 4 heterocycles. The number of anilines is 1. The van der Waals surface area contributed by atoms with E-state index in [9.17, 15) is 4.79 Å². The number of carbonyl (C=O) groups excluding carboxylic acids is 1. The third-order valence-electron chi connectivity index (χ3n) is 4.82. The number of pyridine rings is 2. The molecule has 0 saturated carbocycles. The van der Waals surface area contributed by atoms with Gasteiger partial charge in [-0.15, -0.1) is 0 Å². The van der Waals surface area contributed by atoms with Crippen LogP contribution < -0.4 is 10.1 Å². The average molecular weight is 405 g/mol. The Morgan fingerprint density at radius 2 is 2.00 bits per heavy atom. The molecular formula is C22H23N5O3. The summed E-state index contributed by atoms with van der Waals surface area (Å²) in [4.78, 5) is 22.1. The Labute approximate surface area is 173 Å². The minimum Gasteiger partial charge on any atom is -0.481 e. The van der Waals surface area contributed by atoms with Crippen molar-refractivity contribution in [2.45, 2.75) is 33.7 Å². The molecule has 4 aromatic rings. The lowest BCUT2D eigenvalue weighted by Crippen LogP contribution is -2.13. The van der Waals surface area contributed by atoms with Gasteiger partial charge in [-0.1, -0.05) is 0 Å². The number of aromatic nitrogens is 4. The Bertz CT molecular complexity index is 1220. The van der Waals surface area contributed by atoms with E-state index in [-0.39, 0.29) is 11.9 Å². The first-order chi connectivity index (χ1) is 14.4. The molecule has 0 atom stereocenters. The van der Waals surface area contributed by atoms with Gasteiger partial charge in [0.2, 0.25) is 5.88 Å². The molecule has 8 heteroatoms. The fraction of sp³-hybridized carbons (Fsp3) is 0.273. The van der Waals surface area contributed by atoms with E-state index in [0.29, 0.717) is 33.9 Å². The first-order valence-electron chi connectivity index (χ1n) is 9.64. The lowest BCUT2D eigenvalue weighted by atomic mass is 10.1. The van der Waals surface area contributed by atoms with Crippen molar-refractivity contribution in [2.75, 3.05) is 12.4 Å². The topological polar surface area (TPSA) is 95.1 Å². The maximum atomic E-state index is 13.2. The summed E-state index contributed by atoms with van der Waals surface area (Å²) in [5.74, 6) is 1.75. The third-order valence-corrected chi connectivity index (χ3v) is 4.82. The van der Waals surface area contributed by atoms with E-state index in [1.165, 1.54) is 0 Å². The molecule has 1 N–H and O–H groups in total. The molecule has 0 saturated heterocycles. The summed E-state index contributed by atoms with van der Waals surface area (Å²) in [5.41, 5.74) is 3.22. The second-order valence-corrected chi connectivity index (χ2v) is 7.35. The number of nitrogens with one attached hydrogen (secondary N) is 1. The molecule has 8 nitrogen and oxygen atoms in total. The zero-order valence-corrected chi connectivity index (χ0v) is 17.6. The van der Waals surface area contributed by atoms with Crippen molar-refractivity contribution in [1.29, 1.82) is 0 Å². The predicted octanol–water partition coefficient (Wildman–Crippen LogP) is 4.54. The van der Waals surface area contributed by atoms with E-state index in [2.05, 4.69) is 15.4 Å². The smallest absolute Gasteiger partial charge is 0.256 e. The Hall–Kier alpha value is -3.68. The molecule has 0 fully saturated rings. The second-order valence-electron chi connectivity index (χ2n) is 7.35. The van der Waals surface area contributed by atoms with Crippen LogP contribution in [-0.4, -0.2) is 32.8 Å². The summed E-state index contributed by atoms with van der Waals surface area (Å²) in [6, 6.07) is 7.23. The van der Waals surface area contributed by atoms with Crippen molar-refractivity contribution in [2.24, 2.45) is 0 Å². The standard InChI is InChI=1S/C22H23N5O3/c1-12(2)27-21-18(11-24-27)17(9-19(26-21)16-8-13(3)30-14(16)4)22(28)25-15-6-7-20(29-5)23-10-15/h6-12H,1-5H3,(H,25,28). The minimum atomic E-state index is -0.267. The first-order valence-corrected chi connectivity index (χ1v) is 9.64. The van der Waals surface area contributed by atoms with Gasteiger partial charge in [0.25, 0.3) is 5.91 Å². The summed E-state index contributed by atoms with van der Waals surface area (Å²) in [7, 11) is 1.54. The lowest BCUT2D eigenvalue weighted by Gasteiger charge is -2.11. The molecular weight excluding hydrogens is 382 g/mol. The molecule has 0 aliphatic rings. The van der Waals surface area contributed by atoms with Crippen LogP contribution in [0.4, 0.5) is 5.69 Å². The van der Waals surface area contributed by atoms with Gasteiger partial charge in [0.1, 0.15) is 11.5 Å². The predicted molar refractivity (Wildman–Crippen MR) is 114 cm³/mol. The Morgan fingerprint density at radius 1 is 1.20 bits per heavy atom. The maximum Gasteiger partial charge on any atom is 0.256 e. The number of furan rings is 1. The van der Waals surface area contributed by atoms with E-state index >= 15 is 0 Å². The van der Waals surface area contributed by atoms with Gasteiger partial charge in [0.05, 0.1) is 41.8 Å². The minimum absolute atomic E-state index is 0.0964. The van der Waals surface area contributed by atoms with Crippen LogP contribution in [0.1, 0.15) is 41.8 Å². The zero-order valence-electron chi connectivity index (χ0n) is 17.6. The molecule has 0 bridgehead atoms. The third kappa shape index (κ3) is 3.52. The molecule has 154 valence electrons. The van der Waals surface area contributed by atoms with Crippen molar-refractivity contribution >= 4 is 22.6 Å². The number of fused-ring (bicyclic) bond motifs is 1. The SMILES string of the molecule is COc1ccc(NC(=O)c2cc(-c3cc(C)oc3C)nc3c2cnn3C(C)C)cn1. The van der Waals surface area contributed by atoms with Crippen molar-refractivity contribution in [1.82, 2.24) is 19.7 Å².